The van der Waals surface area contributed by atoms with E-state index < -0.39 is 0 Å². The van der Waals surface area contributed by atoms with E-state index in [9.17, 15) is 9.90 Å². The first-order valence-corrected chi connectivity index (χ1v) is 9.30. The monoisotopic (exact) mass is 304 g/mol. The number of aliphatic hydroxyl groups is 1. The Bertz CT molecular complexity index is 545. The van der Waals surface area contributed by atoms with Gasteiger partial charge in [0.05, 0.1) is 12.2 Å². The summed E-state index contributed by atoms with van der Waals surface area (Å²) in [6.07, 6.45) is 8.37. The third-order valence-corrected chi connectivity index (χ3v) is 8.77. The second-order valence-electron chi connectivity index (χ2n) is 9.34. The number of hydrogen-bond acceptors (Lipinski definition) is 3. The third-order valence-electron chi connectivity index (χ3n) is 8.77. The molecule has 4 saturated carbocycles. The van der Waals surface area contributed by atoms with Crippen LogP contribution < -0.4 is 0 Å². The molecule has 1 N–H and O–H groups in total. The van der Waals surface area contributed by atoms with E-state index in [-0.39, 0.29) is 22.5 Å². The number of aliphatic hydroxyl groups excluding tert-OH is 1. The van der Waals surface area contributed by atoms with E-state index in [0.29, 0.717) is 29.6 Å². The minimum absolute atomic E-state index is 0.0256. The number of ether oxygens (including phenoxy) is 1. The van der Waals surface area contributed by atoms with Crippen LogP contribution >= 0.6 is 0 Å². The van der Waals surface area contributed by atoms with Crippen molar-refractivity contribution in [1.29, 1.82) is 0 Å². The van der Waals surface area contributed by atoms with Crippen molar-refractivity contribution in [3.63, 3.8) is 0 Å². The summed E-state index contributed by atoms with van der Waals surface area (Å²) in [4.78, 5) is 12.4. The molecule has 1 aliphatic heterocycles. The zero-order valence-electron chi connectivity index (χ0n) is 13.8. The Labute approximate surface area is 132 Å². The van der Waals surface area contributed by atoms with Crippen LogP contribution in [0.2, 0.25) is 0 Å². The topological polar surface area (TPSA) is 49.8 Å². The molecule has 5 rings (SSSR count). The quantitative estimate of drug-likeness (QED) is 0.700. The molecule has 3 heteroatoms. The van der Waals surface area contributed by atoms with Crippen LogP contribution in [0.25, 0.3) is 0 Å². The lowest BCUT2D eigenvalue weighted by Crippen LogP contribution is -2.58. The van der Waals surface area contributed by atoms with Crippen molar-refractivity contribution in [1.82, 2.24) is 0 Å². The maximum absolute atomic E-state index is 12.4. The van der Waals surface area contributed by atoms with Crippen molar-refractivity contribution in [3.05, 3.63) is 0 Å². The van der Waals surface area contributed by atoms with Crippen LogP contribution in [0.15, 0.2) is 0 Å². The summed E-state index contributed by atoms with van der Waals surface area (Å²) in [6, 6.07) is 0. The van der Waals surface area contributed by atoms with Crippen molar-refractivity contribution in [2.75, 3.05) is 0 Å². The minimum Gasteiger partial charge on any atom is -0.393 e. The fourth-order valence-corrected chi connectivity index (χ4v) is 7.43. The molecule has 5 fully saturated rings. The first-order chi connectivity index (χ1) is 10.4. The van der Waals surface area contributed by atoms with Gasteiger partial charge in [0.2, 0.25) is 0 Å². The summed E-state index contributed by atoms with van der Waals surface area (Å²) in [6.45, 7) is 4.68. The molecule has 1 heterocycles. The smallest absolute Gasteiger partial charge is 0.139 e. The number of rotatable bonds is 0. The summed E-state index contributed by atoms with van der Waals surface area (Å²) in [5, 5.41) is 10.2. The summed E-state index contributed by atoms with van der Waals surface area (Å²) in [5.74, 6) is 2.48. The lowest BCUT2D eigenvalue weighted by Gasteiger charge is -2.58. The molecule has 3 nitrogen and oxygen atoms in total. The van der Waals surface area contributed by atoms with Crippen molar-refractivity contribution >= 4 is 5.78 Å². The third kappa shape index (κ3) is 1.40. The van der Waals surface area contributed by atoms with Crippen LogP contribution in [0.4, 0.5) is 0 Å². The number of epoxide rings is 1. The van der Waals surface area contributed by atoms with Gasteiger partial charge in [-0.1, -0.05) is 13.8 Å². The standard InChI is InChI=1S/C19H28O3/c1-17-7-6-14-12(13(17)3-4-15(17)21)9-16-19(22-16)10-11(20)5-8-18(14,19)2/h11-14,16,20H,3-10H2,1-2H3/t11-,12-,13-,14-,16+,17+,18+,19+/m1/s1. The van der Waals surface area contributed by atoms with E-state index >= 15 is 0 Å². The van der Waals surface area contributed by atoms with Crippen molar-refractivity contribution < 1.29 is 14.6 Å². The van der Waals surface area contributed by atoms with Crippen LogP contribution in [0, 0.1) is 28.6 Å². The Balaban J connectivity index is 1.53. The molecule has 0 aromatic heterocycles. The second-order valence-corrected chi connectivity index (χ2v) is 9.34. The van der Waals surface area contributed by atoms with E-state index in [4.69, 9.17) is 4.74 Å². The van der Waals surface area contributed by atoms with Crippen molar-refractivity contribution in [2.45, 2.75) is 83.0 Å². The Morgan fingerprint density at radius 1 is 1.14 bits per heavy atom. The number of ketones is 1. The van der Waals surface area contributed by atoms with Gasteiger partial charge in [0.1, 0.15) is 11.4 Å². The predicted octanol–water partition coefficient (Wildman–Crippen LogP) is 3.09. The molecular weight excluding hydrogens is 276 g/mol. The minimum atomic E-state index is -0.170. The molecule has 0 unspecified atom stereocenters. The molecule has 5 aliphatic rings. The molecule has 8 atom stereocenters. The van der Waals surface area contributed by atoms with E-state index in [2.05, 4.69) is 13.8 Å². The normalized spacial score (nSPS) is 62.7. The second kappa shape index (κ2) is 3.97. The average Bonchev–Trinajstić information content (AvgIpc) is 3.08. The fraction of sp³-hybridized carbons (Fsp3) is 0.947. The molecule has 22 heavy (non-hydrogen) atoms. The molecule has 0 aromatic rings. The fourth-order valence-electron chi connectivity index (χ4n) is 7.43. The highest BCUT2D eigenvalue weighted by molar-refractivity contribution is 5.87. The molecule has 1 spiro atoms. The van der Waals surface area contributed by atoms with Gasteiger partial charge in [0.15, 0.2) is 0 Å². The molecule has 0 aromatic carbocycles. The van der Waals surface area contributed by atoms with E-state index in [1.165, 1.54) is 6.42 Å². The summed E-state index contributed by atoms with van der Waals surface area (Å²) in [5.41, 5.74) is 0.162. The number of Topliss-reactive ketones (excluding diaryl/α,β-unsaturated/α-hetero) is 1. The number of carbonyl (C=O) groups is 1. The van der Waals surface area contributed by atoms with Gasteiger partial charge in [-0.3, -0.25) is 4.79 Å². The summed E-state index contributed by atoms with van der Waals surface area (Å²) < 4.78 is 6.30. The van der Waals surface area contributed by atoms with Gasteiger partial charge in [-0.15, -0.1) is 0 Å². The molecule has 0 bridgehead atoms. The van der Waals surface area contributed by atoms with Crippen LogP contribution in [0.3, 0.4) is 0 Å². The lowest BCUT2D eigenvalue weighted by atomic mass is 9.45. The largest absolute Gasteiger partial charge is 0.393 e. The highest BCUT2D eigenvalue weighted by Crippen LogP contribution is 2.72. The molecular formula is C19H28O3. The highest BCUT2D eigenvalue weighted by atomic mass is 16.6. The van der Waals surface area contributed by atoms with Crippen LogP contribution in [0.5, 0.6) is 0 Å². The average molecular weight is 304 g/mol. The van der Waals surface area contributed by atoms with Crippen LogP contribution in [-0.4, -0.2) is 28.7 Å². The first-order valence-electron chi connectivity index (χ1n) is 9.30. The van der Waals surface area contributed by atoms with Gasteiger partial charge in [-0.05, 0) is 56.3 Å². The van der Waals surface area contributed by atoms with Crippen molar-refractivity contribution in [2.24, 2.45) is 28.6 Å². The predicted molar refractivity (Wildman–Crippen MR) is 82.2 cm³/mol. The number of hydrogen-bond donors (Lipinski definition) is 1. The first kappa shape index (κ1) is 14.0. The van der Waals surface area contributed by atoms with Gasteiger partial charge in [0, 0.05) is 23.7 Å². The molecule has 4 aliphatic carbocycles. The van der Waals surface area contributed by atoms with Gasteiger partial charge in [-0.2, -0.15) is 0 Å². The van der Waals surface area contributed by atoms with Gasteiger partial charge < -0.3 is 9.84 Å². The van der Waals surface area contributed by atoms with Gasteiger partial charge in [-0.25, -0.2) is 0 Å². The Kier molecular flexibility index (Phi) is 2.52. The SMILES string of the molecule is C[C@@]12CC[C@@H](O)C[C@@]13O[C@H]3C[C@H]1[C@H]2CC[C@]2(C)C(=O)CC[C@H]12. The van der Waals surface area contributed by atoms with E-state index in [0.717, 1.165) is 44.9 Å². The Hall–Kier alpha value is -0.410. The molecule has 122 valence electrons. The summed E-state index contributed by atoms with van der Waals surface area (Å²) in [7, 11) is 0. The van der Waals surface area contributed by atoms with Crippen LogP contribution in [-0.2, 0) is 9.53 Å². The summed E-state index contributed by atoms with van der Waals surface area (Å²) >= 11 is 0. The number of fused-ring (bicyclic) bond motifs is 4. The van der Waals surface area contributed by atoms with Gasteiger partial charge >= 0.3 is 0 Å². The molecule has 1 saturated heterocycles. The maximum Gasteiger partial charge on any atom is 0.139 e. The number of carbonyl (C=O) groups excluding carboxylic acids is 1. The zero-order valence-corrected chi connectivity index (χ0v) is 13.8. The Morgan fingerprint density at radius 3 is 2.77 bits per heavy atom. The van der Waals surface area contributed by atoms with Gasteiger partial charge in [0.25, 0.3) is 0 Å². The maximum atomic E-state index is 12.4. The van der Waals surface area contributed by atoms with E-state index in [1.54, 1.807) is 0 Å². The molecule has 0 radical (unpaired) electrons. The Morgan fingerprint density at radius 2 is 1.95 bits per heavy atom. The van der Waals surface area contributed by atoms with Crippen LogP contribution in [0.1, 0.15) is 65.2 Å². The van der Waals surface area contributed by atoms with E-state index in [1.807, 2.05) is 0 Å². The van der Waals surface area contributed by atoms with Crippen molar-refractivity contribution in [3.8, 4) is 0 Å². The highest BCUT2D eigenvalue weighted by Gasteiger charge is 2.76. The zero-order chi connectivity index (χ0) is 15.3. The lowest BCUT2D eigenvalue weighted by molar-refractivity contribution is -0.138. The molecule has 0 amide bonds.